The molecule has 0 heterocycles. The van der Waals surface area contributed by atoms with E-state index in [2.05, 4.69) is 35.6 Å². The van der Waals surface area contributed by atoms with Gasteiger partial charge in [-0.25, -0.2) is 0 Å². The molecule has 0 spiro atoms. The zero-order chi connectivity index (χ0) is 17.3. The summed E-state index contributed by atoms with van der Waals surface area (Å²) < 4.78 is 11.1. The van der Waals surface area contributed by atoms with E-state index in [1.807, 2.05) is 48.5 Å². The Hall–Kier alpha value is -2.94. The van der Waals surface area contributed by atoms with E-state index in [1.54, 1.807) is 7.11 Å². The van der Waals surface area contributed by atoms with E-state index < -0.39 is 0 Å². The molecule has 1 N–H and O–H groups in total. The van der Waals surface area contributed by atoms with Gasteiger partial charge in [0.25, 0.3) is 0 Å². The first-order valence-electron chi connectivity index (χ1n) is 8.47. The fraction of sp³-hybridized carbons (Fsp3) is 0.182. The van der Waals surface area contributed by atoms with Crippen LogP contribution >= 0.6 is 0 Å². The van der Waals surface area contributed by atoms with Crippen molar-refractivity contribution in [3.63, 3.8) is 0 Å². The van der Waals surface area contributed by atoms with Crippen molar-refractivity contribution >= 4 is 5.69 Å². The Kier molecular flexibility index (Phi) is 5.94. The van der Waals surface area contributed by atoms with E-state index in [-0.39, 0.29) is 0 Å². The Bertz CT molecular complexity index is 770. The molecule has 0 bridgehead atoms. The van der Waals surface area contributed by atoms with E-state index in [9.17, 15) is 0 Å². The number of nitrogens with one attached hydrogen (secondary N) is 1. The summed E-state index contributed by atoms with van der Waals surface area (Å²) >= 11 is 0. The molecule has 3 rings (SSSR count). The molecule has 0 radical (unpaired) electrons. The van der Waals surface area contributed by atoms with Crippen LogP contribution in [0.5, 0.6) is 11.5 Å². The standard InChI is InChI=1S/C22H23NO2/c1-24-21-12-10-18(11-13-21)14-15-23-20-8-5-9-22(16-20)25-17-19-6-3-2-4-7-19/h2-13,16,23H,14-15,17H2,1H3. The van der Waals surface area contributed by atoms with Crippen LogP contribution in [0.1, 0.15) is 11.1 Å². The molecule has 3 nitrogen and oxygen atoms in total. The molecule has 0 aromatic heterocycles. The van der Waals surface area contributed by atoms with E-state index in [1.165, 1.54) is 11.1 Å². The molecule has 0 saturated carbocycles. The van der Waals surface area contributed by atoms with E-state index in [0.29, 0.717) is 6.61 Å². The first-order valence-corrected chi connectivity index (χ1v) is 8.47. The lowest BCUT2D eigenvalue weighted by molar-refractivity contribution is 0.306. The van der Waals surface area contributed by atoms with Crippen molar-refractivity contribution in [1.82, 2.24) is 0 Å². The van der Waals surface area contributed by atoms with Gasteiger partial charge in [0.1, 0.15) is 18.1 Å². The maximum absolute atomic E-state index is 5.87. The fourth-order valence-corrected chi connectivity index (χ4v) is 2.58. The monoisotopic (exact) mass is 333 g/mol. The number of hydrogen-bond donors (Lipinski definition) is 1. The van der Waals surface area contributed by atoms with E-state index in [0.717, 1.165) is 30.2 Å². The zero-order valence-electron chi connectivity index (χ0n) is 14.4. The van der Waals surface area contributed by atoms with Gasteiger partial charge in [0, 0.05) is 18.3 Å². The lowest BCUT2D eigenvalue weighted by atomic mass is 10.1. The van der Waals surface area contributed by atoms with Gasteiger partial charge in [-0.2, -0.15) is 0 Å². The molecule has 0 fully saturated rings. The molecule has 25 heavy (non-hydrogen) atoms. The molecule has 0 aliphatic rings. The average Bonchev–Trinajstić information content (AvgIpc) is 2.68. The Labute approximate surface area is 149 Å². The van der Waals surface area contributed by atoms with Gasteiger partial charge in [-0.05, 0) is 41.8 Å². The number of anilines is 1. The van der Waals surface area contributed by atoms with Crippen molar-refractivity contribution in [2.75, 3.05) is 19.0 Å². The van der Waals surface area contributed by atoms with Gasteiger partial charge >= 0.3 is 0 Å². The van der Waals surface area contributed by atoms with Gasteiger partial charge in [0.2, 0.25) is 0 Å². The molecule has 0 unspecified atom stereocenters. The summed E-state index contributed by atoms with van der Waals surface area (Å²) in [4.78, 5) is 0. The fourth-order valence-electron chi connectivity index (χ4n) is 2.58. The number of rotatable bonds is 8. The van der Waals surface area contributed by atoms with Crippen LogP contribution in [0.3, 0.4) is 0 Å². The molecule has 0 saturated heterocycles. The van der Waals surface area contributed by atoms with Crippen molar-refractivity contribution in [3.8, 4) is 11.5 Å². The van der Waals surface area contributed by atoms with Gasteiger partial charge in [-0.15, -0.1) is 0 Å². The van der Waals surface area contributed by atoms with Crippen molar-refractivity contribution in [2.24, 2.45) is 0 Å². The molecule has 0 atom stereocenters. The Morgan fingerprint density at radius 2 is 1.56 bits per heavy atom. The lowest BCUT2D eigenvalue weighted by Crippen LogP contribution is -2.05. The minimum atomic E-state index is 0.580. The third-order valence-corrected chi connectivity index (χ3v) is 3.98. The summed E-state index contributed by atoms with van der Waals surface area (Å²) in [5.41, 5.74) is 3.52. The lowest BCUT2D eigenvalue weighted by Gasteiger charge is -2.10. The van der Waals surface area contributed by atoms with Gasteiger partial charge < -0.3 is 14.8 Å². The van der Waals surface area contributed by atoms with Crippen LogP contribution in [0.2, 0.25) is 0 Å². The van der Waals surface area contributed by atoms with E-state index in [4.69, 9.17) is 9.47 Å². The second-order valence-electron chi connectivity index (χ2n) is 5.83. The molecule has 0 aliphatic heterocycles. The number of ether oxygens (including phenoxy) is 2. The van der Waals surface area contributed by atoms with Crippen LogP contribution in [-0.2, 0) is 13.0 Å². The summed E-state index contributed by atoms with van der Waals surface area (Å²) in [5, 5.41) is 3.45. The molecule has 3 aromatic rings. The third kappa shape index (κ3) is 5.28. The Morgan fingerprint density at radius 1 is 0.760 bits per heavy atom. The molecule has 0 amide bonds. The third-order valence-electron chi connectivity index (χ3n) is 3.98. The Balaban J connectivity index is 1.49. The smallest absolute Gasteiger partial charge is 0.121 e. The van der Waals surface area contributed by atoms with E-state index >= 15 is 0 Å². The highest BCUT2D eigenvalue weighted by Crippen LogP contribution is 2.19. The maximum atomic E-state index is 5.87. The molecular formula is C22H23NO2. The topological polar surface area (TPSA) is 30.5 Å². The molecule has 3 aromatic carbocycles. The second-order valence-corrected chi connectivity index (χ2v) is 5.83. The van der Waals surface area contributed by atoms with Crippen LogP contribution in [0, 0.1) is 0 Å². The summed E-state index contributed by atoms with van der Waals surface area (Å²) in [5.74, 6) is 1.76. The van der Waals surface area contributed by atoms with Crippen LogP contribution in [0.4, 0.5) is 5.69 Å². The molecule has 3 heteroatoms. The summed E-state index contributed by atoms with van der Waals surface area (Å²) in [6.45, 7) is 1.45. The molecule has 0 aliphatic carbocycles. The largest absolute Gasteiger partial charge is 0.497 e. The minimum absolute atomic E-state index is 0.580. The second kappa shape index (κ2) is 8.78. The van der Waals surface area contributed by atoms with Crippen LogP contribution in [0.25, 0.3) is 0 Å². The molecule has 128 valence electrons. The SMILES string of the molecule is COc1ccc(CCNc2cccc(OCc3ccccc3)c2)cc1. The van der Waals surface area contributed by atoms with Crippen molar-refractivity contribution in [3.05, 3.63) is 90.0 Å². The summed E-state index contributed by atoms with van der Waals surface area (Å²) in [7, 11) is 1.68. The van der Waals surface area contributed by atoms with Crippen LogP contribution < -0.4 is 14.8 Å². The normalized spacial score (nSPS) is 10.3. The Morgan fingerprint density at radius 3 is 2.32 bits per heavy atom. The predicted molar refractivity (Wildman–Crippen MR) is 102 cm³/mol. The first-order chi connectivity index (χ1) is 12.3. The average molecular weight is 333 g/mol. The highest BCUT2D eigenvalue weighted by molar-refractivity contribution is 5.48. The van der Waals surface area contributed by atoms with Gasteiger partial charge in [0.05, 0.1) is 7.11 Å². The van der Waals surface area contributed by atoms with Gasteiger partial charge in [-0.1, -0.05) is 48.5 Å². The van der Waals surface area contributed by atoms with Crippen LogP contribution in [0.15, 0.2) is 78.9 Å². The summed E-state index contributed by atoms with van der Waals surface area (Å²) in [6.07, 6.45) is 0.957. The highest BCUT2D eigenvalue weighted by Gasteiger charge is 1.99. The maximum Gasteiger partial charge on any atom is 0.121 e. The summed E-state index contributed by atoms with van der Waals surface area (Å²) in [6, 6.07) is 26.5. The zero-order valence-corrected chi connectivity index (χ0v) is 14.4. The van der Waals surface area contributed by atoms with Gasteiger partial charge in [0.15, 0.2) is 0 Å². The van der Waals surface area contributed by atoms with Crippen molar-refractivity contribution < 1.29 is 9.47 Å². The highest BCUT2D eigenvalue weighted by atomic mass is 16.5. The number of benzene rings is 3. The van der Waals surface area contributed by atoms with Gasteiger partial charge in [-0.3, -0.25) is 0 Å². The molecular weight excluding hydrogens is 310 g/mol. The van der Waals surface area contributed by atoms with Crippen molar-refractivity contribution in [1.29, 1.82) is 0 Å². The van der Waals surface area contributed by atoms with Crippen LogP contribution in [-0.4, -0.2) is 13.7 Å². The number of hydrogen-bond acceptors (Lipinski definition) is 3. The van der Waals surface area contributed by atoms with Crippen molar-refractivity contribution in [2.45, 2.75) is 13.0 Å². The predicted octanol–water partition coefficient (Wildman–Crippen LogP) is 4.93. The minimum Gasteiger partial charge on any atom is -0.497 e. The first kappa shape index (κ1) is 16.9. The quantitative estimate of drug-likeness (QED) is 0.634. The number of methoxy groups -OCH3 is 1.